The second kappa shape index (κ2) is 29.2. The SMILES string of the molecule is CCO.O=[N+]([O-])[O-].O=[N+]([O-])[O-].O=[N+]([O-])[O-].[Al+3]. The van der Waals surface area contributed by atoms with Crippen LogP contribution in [0.3, 0.4) is 0 Å². The Balaban J connectivity index is -0.0000000331. The van der Waals surface area contributed by atoms with E-state index in [2.05, 4.69) is 0 Å². The van der Waals surface area contributed by atoms with Crippen molar-refractivity contribution < 1.29 is 20.4 Å². The molecule has 0 spiro atoms. The summed E-state index contributed by atoms with van der Waals surface area (Å²) in [6, 6.07) is 0. The largest absolute Gasteiger partial charge is 3.00 e. The molecular weight excluding hydrogens is 253 g/mol. The standard InChI is InChI=1S/C2H6O.Al.3NO3/c1-2-3;;3*2-1(3)4/h3H,2H2,1H3;;;;/q;+3;3*-1. The van der Waals surface area contributed by atoms with Crippen molar-refractivity contribution in [3.05, 3.63) is 46.0 Å². The van der Waals surface area contributed by atoms with Crippen LogP contribution in [0.25, 0.3) is 0 Å². The number of hydrogen-bond acceptors (Lipinski definition) is 10. The van der Waals surface area contributed by atoms with Gasteiger partial charge in [0.2, 0.25) is 0 Å². The molecule has 0 bridgehead atoms. The van der Waals surface area contributed by atoms with Crippen LogP contribution in [0.15, 0.2) is 0 Å². The van der Waals surface area contributed by atoms with Crippen LogP contribution in [0, 0.1) is 46.0 Å². The first-order valence-electron chi connectivity index (χ1n) is 2.67. The Bertz CT molecular complexity index is 133. The van der Waals surface area contributed by atoms with Crippen molar-refractivity contribution in [1.29, 1.82) is 0 Å². The zero-order valence-electron chi connectivity index (χ0n) is 7.75. The molecule has 0 amide bonds. The van der Waals surface area contributed by atoms with Gasteiger partial charge in [-0.25, -0.2) is 0 Å². The molecular formula is C2H6AlN3O10. The fraction of sp³-hybridized carbons (Fsp3) is 1.00. The van der Waals surface area contributed by atoms with Crippen LogP contribution in [-0.4, -0.2) is 44.3 Å². The maximum atomic E-state index is 8.25. The summed E-state index contributed by atoms with van der Waals surface area (Å²) in [6.07, 6.45) is 0. The Labute approximate surface area is 98.0 Å². The summed E-state index contributed by atoms with van der Waals surface area (Å²) in [5.41, 5.74) is 0. The molecule has 0 rings (SSSR count). The maximum Gasteiger partial charge on any atom is 3.00 e. The van der Waals surface area contributed by atoms with Crippen molar-refractivity contribution in [1.82, 2.24) is 0 Å². The molecule has 0 unspecified atom stereocenters. The first kappa shape index (κ1) is 29.2. The van der Waals surface area contributed by atoms with Crippen LogP contribution < -0.4 is 0 Å². The van der Waals surface area contributed by atoms with Crippen LogP contribution in [0.5, 0.6) is 0 Å². The van der Waals surface area contributed by atoms with E-state index in [0.717, 1.165) is 0 Å². The Morgan fingerprint density at radius 3 is 0.812 bits per heavy atom. The predicted octanol–water partition coefficient (Wildman–Crippen LogP) is -1.10. The van der Waals surface area contributed by atoms with Crippen molar-refractivity contribution >= 4 is 17.4 Å². The van der Waals surface area contributed by atoms with Crippen molar-refractivity contribution in [2.24, 2.45) is 0 Å². The maximum absolute atomic E-state index is 8.25. The van der Waals surface area contributed by atoms with Gasteiger partial charge in [0.05, 0.1) is 15.3 Å². The number of aliphatic hydroxyl groups is 1. The average Bonchev–Trinajstić information content (AvgIpc) is 1.81. The summed E-state index contributed by atoms with van der Waals surface area (Å²) in [4.78, 5) is 24.8. The van der Waals surface area contributed by atoms with E-state index in [-0.39, 0.29) is 24.0 Å². The third-order valence-corrected chi connectivity index (χ3v) is 0. The molecule has 0 aliphatic carbocycles. The van der Waals surface area contributed by atoms with Crippen molar-refractivity contribution in [2.45, 2.75) is 6.92 Å². The van der Waals surface area contributed by atoms with Gasteiger partial charge >= 0.3 is 17.4 Å². The third-order valence-electron chi connectivity index (χ3n) is 0. The summed E-state index contributed by atoms with van der Waals surface area (Å²) in [5, 5.41) is 51.8. The molecule has 0 aromatic carbocycles. The molecule has 0 aliphatic rings. The van der Waals surface area contributed by atoms with Crippen LogP contribution in [0.1, 0.15) is 6.92 Å². The van der Waals surface area contributed by atoms with Gasteiger partial charge in [-0.3, -0.25) is 0 Å². The fourth-order valence-electron chi connectivity index (χ4n) is 0. The predicted molar refractivity (Wildman–Crippen MR) is 49.6 cm³/mol. The monoisotopic (exact) mass is 259 g/mol. The molecule has 16 heavy (non-hydrogen) atoms. The van der Waals surface area contributed by atoms with Gasteiger partial charge in [-0.05, 0) is 6.92 Å². The number of nitrogens with zero attached hydrogens (tertiary/aromatic N) is 3. The summed E-state index contributed by atoms with van der Waals surface area (Å²) in [6.45, 7) is 1.93. The molecule has 0 aromatic heterocycles. The molecule has 0 saturated carbocycles. The molecule has 0 fully saturated rings. The smallest absolute Gasteiger partial charge is 0.397 e. The zero-order valence-corrected chi connectivity index (χ0v) is 8.90. The van der Waals surface area contributed by atoms with Gasteiger partial charge in [0.1, 0.15) is 0 Å². The van der Waals surface area contributed by atoms with E-state index in [9.17, 15) is 0 Å². The number of hydrogen-bond donors (Lipinski definition) is 1. The van der Waals surface area contributed by atoms with E-state index in [1.165, 1.54) is 0 Å². The van der Waals surface area contributed by atoms with Gasteiger partial charge in [0.15, 0.2) is 0 Å². The first-order chi connectivity index (χ1) is 6.61. The van der Waals surface area contributed by atoms with Gasteiger partial charge in [-0.2, -0.15) is 0 Å². The van der Waals surface area contributed by atoms with Gasteiger partial charge in [-0.1, -0.05) is 0 Å². The minimum absolute atomic E-state index is 0. The molecule has 1 N–H and O–H groups in total. The van der Waals surface area contributed by atoms with E-state index < -0.39 is 15.3 Å². The Hall–Kier alpha value is -1.91. The van der Waals surface area contributed by atoms with Crippen molar-refractivity contribution in [3.8, 4) is 0 Å². The van der Waals surface area contributed by atoms with Crippen LogP contribution in [0.4, 0.5) is 0 Å². The van der Waals surface area contributed by atoms with Crippen LogP contribution in [-0.2, 0) is 0 Å². The van der Waals surface area contributed by atoms with Crippen molar-refractivity contribution in [2.75, 3.05) is 6.61 Å². The topological polar surface area (TPSA) is 219 Å². The molecule has 13 nitrogen and oxygen atoms in total. The molecule has 0 aromatic rings. The van der Waals surface area contributed by atoms with E-state index in [1.54, 1.807) is 6.92 Å². The molecule has 0 atom stereocenters. The Morgan fingerprint density at radius 1 is 0.812 bits per heavy atom. The van der Waals surface area contributed by atoms with Crippen molar-refractivity contribution in [3.63, 3.8) is 0 Å². The second-order valence-electron chi connectivity index (χ2n) is 0.987. The molecule has 0 aliphatic heterocycles. The average molecular weight is 259 g/mol. The zero-order chi connectivity index (χ0) is 13.4. The molecule has 0 saturated heterocycles. The van der Waals surface area contributed by atoms with Gasteiger partial charge < -0.3 is 51.1 Å². The molecule has 0 radical (unpaired) electrons. The van der Waals surface area contributed by atoms with E-state index in [1.807, 2.05) is 0 Å². The molecule has 92 valence electrons. The summed E-state index contributed by atoms with van der Waals surface area (Å²) in [5.74, 6) is 0. The third kappa shape index (κ3) is 409. The quantitative estimate of drug-likeness (QED) is 0.314. The fourth-order valence-corrected chi connectivity index (χ4v) is 0. The van der Waals surface area contributed by atoms with E-state index in [4.69, 9.17) is 51.1 Å². The minimum atomic E-state index is -1.75. The van der Waals surface area contributed by atoms with E-state index in [0.29, 0.717) is 0 Å². The first-order valence-corrected chi connectivity index (χ1v) is 2.67. The number of rotatable bonds is 0. The van der Waals surface area contributed by atoms with E-state index >= 15 is 0 Å². The number of aliphatic hydroxyl groups excluding tert-OH is 1. The summed E-state index contributed by atoms with van der Waals surface area (Å²) >= 11 is 0. The second-order valence-corrected chi connectivity index (χ2v) is 0.987. The summed E-state index contributed by atoms with van der Waals surface area (Å²) < 4.78 is 0. The normalized spacial score (nSPS) is 5.62. The minimum Gasteiger partial charge on any atom is -0.397 e. The van der Waals surface area contributed by atoms with Gasteiger partial charge in [0.25, 0.3) is 0 Å². The molecule has 0 heterocycles. The van der Waals surface area contributed by atoms with Gasteiger partial charge in [0, 0.05) is 6.61 Å². The van der Waals surface area contributed by atoms with Crippen LogP contribution >= 0.6 is 0 Å². The van der Waals surface area contributed by atoms with Crippen LogP contribution in [0.2, 0.25) is 0 Å². The molecule has 14 heteroatoms. The Morgan fingerprint density at radius 2 is 0.812 bits per heavy atom. The summed E-state index contributed by atoms with van der Waals surface area (Å²) in [7, 11) is 0. The Kier molecular flexibility index (Phi) is 53.4. The van der Waals surface area contributed by atoms with Gasteiger partial charge in [-0.15, -0.1) is 0 Å².